The van der Waals surface area contributed by atoms with Gasteiger partial charge in [-0.2, -0.15) is 5.10 Å². The lowest BCUT2D eigenvalue weighted by Gasteiger charge is -2.35. The van der Waals surface area contributed by atoms with Gasteiger partial charge in [-0.15, -0.1) is 24.0 Å². The fourth-order valence-electron chi connectivity index (χ4n) is 3.19. The van der Waals surface area contributed by atoms with Crippen LogP contribution in [0.1, 0.15) is 5.69 Å². The van der Waals surface area contributed by atoms with Crippen molar-refractivity contribution >= 4 is 47.5 Å². The van der Waals surface area contributed by atoms with E-state index >= 15 is 0 Å². The van der Waals surface area contributed by atoms with E-state index in [1.165, 1.54) is 0 Å². The Labute approximate surface area is 182 Å². The maximum Gasteiger partial charge on any atom is 0.246 e. The van der Waals surface area contributed by atoms with Crippen LogP contribution in [0.2, 0.25) is 0 Å². The predicted molar refractivity (Wildman–Crippen MR) is 120 cm³/mol. The van der Waals surface area contributed by atoms with Gasteiger partial charge in [0.05, 0.1) is 30.3 Å². The number of amides is 1. The molecule has 0 aliphatic carbocycles. The first-order valence-electron chi connectivity index (χ1n) is 8.83. The highest BCUT2D eigenvalue weighted by Gasteiger charge is 2.27. The van der Waals surface area contributed by atoms with E-state index in [9.17, 15) is 4.79 Å². The normalized spacial score (nSPS) is 14.9. The number of anilines is 2. The van der Waals surface area contributed by atoms with E-state index in [1.54, 1.807) is 22.8 Å². The second-order valence-corrected chi connectivity index (χ2v) is 6.74. The fraction of sp³-hybridized carbons (Fsp3) is 0.529. The van der Waals surface area contributed by atoms with Crippen LogP contribution < -0.4 is 15.1 Å². The van der Waals surface area contributed by atoms with Gasteiger partial charge in [-0.3, -0.25) is 14.5 Å². The lowest BCUT2D eigenvalue weighted by molar-refractivity contribution is -0.120. The number of aliphatic imine (C=N–C) groups is 1. The van der Waals surface area contributed by atoms with E-state index < -0.39 is 0 Å². The van der Waals surface area contributed by atoms with Gasteiger partial charge in [0.2, 0.25) is 11.9 Å². The molecule has 11 heteroatoms. The zero-order valence-corrected chi connectivity index (χ0v) is 19.3. The number of carbonyl (C=O) groups is 1. The zero-order chi connectivity index (χ0) is 19.6. The quantitative estimate of drug-likeness (QED) is 0.368. The van der Waals surface area contributed by atoms with Crippen molar-refractivity contribution < 1.29 is 4.79 Å². The summed E-state index contributed by atoms with van der Waals surface area (Å²) in [6.45, 7) is 2.17. The Morgan fingerprint density at radius 1 is 1.29 bits per heavy atom. The van der Waals surface area contributed by atoms with Crippen molar-refractivity contribution in [3.63, 3.8) is 0 Å². The Morgan fingerprint density at radius 3 is 2.57 bits per heavy atom. The molecule has 0 bridgehead atoms. The first-order chi connectivity index (χ1) is 12.9. The Hall–Kier alpha value is -2.31. The van der Waals surface area contributed by atoms with Crippen molar-refractivity contribution in [2.75, 3.05) is 50.6 Å². The molecular weight excluding hydrogens is 473 g/mol. The van der Waals surface area contributed by atoms with Crippen molar-refractivity contribution in [3.8, 4) is 0 Å². The molecule has 1 N–H and O–H groups in total. The third-order valence-corrected chi connectivity index (χ3v) is 4.62. The van der Waals surface area contributed by atoms with Crippen LogP contribution in [0.5, 0.6) is 0 Å². The highest BCUT2D eigenvalue weighted by Crippen LogP contribution is 2.16. The molecule has 0 radical (unpaired) electrons. The van der Waals surface area contributed by atoms with Crippen molar-refractivity contribution in [1.82, 2.24) is 29.5 Å². The summed E-state index contributed by atoms with van der Waals surface area (Å²) < 4.78 is 3.73. The SMILES string of the molecule is CN=C(NCc1cnc(N(C)C)n1C)N1CCN(c2cnn(C)c2)C(=O)C1.I. The van der Waals surface area contributed by atoms with Gasteiger partial charge in [-0.25, -0.2) is 4.98 Å². The molecule has 10 nitrogen and oxygen atoms in total. The minimum atomic E-state index is 0. The van der Waals surface area contributed by atoms with E-state index in [4.69, 9.17) is 0 Å². The first kappa shape index (κ1) is 22.0. The number of nitrogens with zero attached hydrogens (tertiary/aromatic N) is 8. The molecule has 2 aromatic rings. The van der Waals surface area contributed by atoms with E-state index in [2.05, 4.69) is 20.4 Å². The van der Waals surface area contributed by atoms with Crippen LogP contribution >= 0.6 is 24.0 Å². The number of guanidine groups is 1. The molecule has 0 saturated carbocycles. The number of hydrogen-bond donors (Lipinski definition) is 1. The first-order valence-corrected chi connectivity index (χ1v) is 8.83. The topological polar surface area (TPSA) is 86.8 Å². The third kappa shape index (κ3) is 4.56. The van der Waals surface area contributed by atoms with Crippen LogP contribution in [0.25, 0.3) is 0 Å². The van der Waals surface area contributed by atoms with Gasteiger partial charge in [0, 0.05) is 54.5 Å². The minimum Gasteiger partial charge on any atom is -0.351 e. The largest absolute Gasteiger partial charge is 0.351 e. The molecular formula is C17H28IN9O. The van der Waals surface area contributed by atoms with Crippen LogP contribution in [-0.2, 0) is 25.4 Å². The second-order valence-electron chi connectivity index (χ2n) is 6.74. The maximum absolute atomic E-state index is 12.6. The molecule has 3 rings (SSSR count). The number of rotatable bonds is 4. The molecule has 1 amide bonds. The smallest absolute Gasteiger partial charge is 0.246 e. The number of halogens is 1. The number of piperazine rings is 1. The molecule has 0 aromatic carbocycles. The number of nitrogens with one attached hydrogen (secondary N) is 1. The lowest BCUT2D eigenvalue weighted by Crippen LogP contribution is -2.55. The number of hydrogen-bond acceptors (Lipinski definition) is 5. The Bertz CT molecular complexity index is 842. The zero-order valence-electron chi connectivity index (χ0n) is 17.0. The maximum atomic E-state index is 12.6. The van der Waals surface area contributed by atoms with Crippen LogP contribution in [0.3, 0.4) is 0 Å². The molecule has 154 valence electrons. The van der Waals surface area contributed by atoms with Gasteiger partial charge in [0.1, 0.15) is 6.54 Å². The van der Waals surface area contributed by atoms with Gasteiger partial charge in [-0.1, -0.05) is 0 Å². The lowest BCUT2D eigenvalue weighted by atomic mass is 10.3. The van der Waals surface area contributed by atoms with Crippen molar-refractivity contribution in [1.29, 1.82) is 0 Å². The van der Waals surface area contributed by atoms with Gasteiger partial charge in [-0.05, 0) is 0 Å². The molecule has 1 saturated heterocycles. The number of aryl methyl sites for hydroxylation is 1. The molecule has 2 aromatic heterocycles. The molecule has 0 spiro atoms. The Kier molecular flexibility index (Phi) is 7.27. The highest BCUT2D eigenvalue weighted by atomic mass is 127. The third-order valence-electron chi connectivity index (χ3n) is 4.62. The van der Waals surface area contributed by atoms with Gasteiger partial charge in [0.25, 0.3) is 0 Å². The minimum absolute atomic E-state index is 0. The van der Waals surface area contributed by atoms with Gasteiger partial charge < -0.3 is 24.6 Å². The average molecular weight is 501 g/mol. The summed E-state index contributed by atoms with van der Waals surface area (Å²) in [6, 6.07) is 0. The van der Waals surface area contributed by atoms with Crippen LogP contribution in [-0.4, -0.2) is 76.9 Å². The van der Waals surface area contributed by atoms with Crippen LogP contribution in [0, 0.1) is 0 Å². The summed E-state index contributed by atoms with van der Waals surface area (Å²) >= 11 is 0. The number of aromatic nitrogens is 4. The van der Waals surface area contributed by atoms with E-state index in [-0.39, 0.29) is 36.4 Å². The molecule has 3 heterocycles. The molecule has 0 atom stereocenters. The predicted octanol–water partition coefficient (Wildman–Crippen LogP) is 0.262. The fourth-order valence-corrected chi connectivity index (χ4v) is 3.19. The van der Waals surface area contributed by atoms with Crippen molar-refractivity contribution in [2.45, 2.75) is 6.54 Å². The Morgan fingerprint density at radius 2 is 2.04 bits per heavy atom. The summed E-state index contributed by atoms with van der Waals surface area (Å²) in [6.07, 6.45) is 5.41. The average Bonchev–Trinajstić information content (AvgIpc) is 3.21. The van der Waals surface area contributed by atoms with E-state index in [0.717, 1.165) is 17.3 Å². The Balaban J connectivity index is 0.00000280. The molecule has 1 aliphatic heterocycles. The molecule has 0 unspecified atom stereocenters. The van der Waals surface area contributed by atoms with E-state index in [1.807, 2.05) is 55.0 Å². The van der Waals surface area contributed by atoms with Gasteiger partial charge >= 0.3 is 0 Å². The second kappa shape index (κ2) is 9.26. The van der Waals surface area contributed by atoms with Gasteiger partial charge in [0.15, 0.2) is 5.96 Å². The standard InChI is InChI=1S/C17H27N9O.HI/c1-18-16(19-8-13-9-20-17(22(2)3)24(13)5)25-6-7-26(15(27)12-25)14-10-21-23(4)11-14;/h9-11H,6-8,12H2,1-5H3,(H,18,19);1H. The summed E-state index contributed by atoms with van der Waals surface area (Å²) in [5, 5.41) is 7.48. The summed E-state index contributed by atoms with van der Waals surface area (Å²) in [7, 11) is 9.49. The highest BCUT2D eigenvalue weighted by molar-refractivity contribution is 14.0. The van der Waals surface area contributed by atoms with E-state index in [0.29, 0.717) is 25.6 Å². The monoisotopic (exact) mass is 501 g/mol. The summed E-state index contributed by atoms with van der Waals surface area (Å²) in [5.74, 6) is 1.64. The van der Waals surface area contributed by atoms with Crippen LogP contribution in [0.15, 0.2) is 23.6 Å². The number of carbonyl (C=O) groups excluding carboxylic acids is 1. The number of imidazole rings is 1. The summed E-state index contributed by atoms with van der Waals surface area (Å²) in [4.78, 5) is 27.0. The van der Waals surface area contributed by atoms with Crippen LogP contribution in [0.4, 0.5) is 11.6 Å². The molecule has 28 heavy (non-hydrogen) atoms. The molecule has 1 aliphatic rings. The molecule has 1 fully saturated rings. The van der Waals surface area contributed by atoms with Crippen molar-refractivity contribution in [2.24, 2.45) is 19.1 Å². The summed E-state index contributed by atoms with van der Waals surface area (Å²) in [5.41, 5.74) is 1.87. The van der Waals surface area contributed by atoms with Crippen molar-refractivity contribution in [3.05, 3.63) is 24.3 Å².